The van der Waals surface area contributed by atoms with Crippen LogP contribution in [-0.4, -0.2) is 39.5 Å². The molecule has 0 fully saturated rings. The first-order chi connectivity index (χ1) is 14.3. The first-order valence-electron chi connectivity index (χ1n) is 8.33. The number of nitrogens with one attached hydrogen (secondary N) is 1. The predicted molar refractivity (Wildman–Crippen MR) is 114 cm³/mol. The molecule has 1 aromatic heterocycles. The smallest absolute Gasteiger partial charge is 0.478 e. The number of aliphatic hydroxyl groups excluding tert-OH is 1. The second-order valence-corrected chi connectivity index (χ2v) is 7.58. The maximum atomic E-state index is 11.7. The van der Waals surface area contributed by atoms with Crippen LogP contribution in [0.4, 0.5) is 17.1 Å². The molecule has 0 saturated carbocycles. The largest absolute Gasteiger partial charge is 0.696 e. The number of hydrogen-bond acceptors (Lipinski definition) is 7. The third kappa shape index (κ3) is 4.96. The van der Waals surface area contributed by atoms with E-state index in [0.717, 1.165) is 0 Å². The fourth-order valence-corrected chi connectivity index (χ4v) is 3.35. The van der Waals surface area contributed by atoms with E-state index >= 15 is 0 Å². The lowest BCUT2D eigenvalue weighted by atomic mass is 10.1. The molecule has 0 aliphatic carbocycles. The minimum Gasteiger partial charge on any atom is -0.478 e. The van der Waals surface area contributed by atoms with Gasteiger partial charge in [-0.25, -0.2) is 4.79 Å². The molecular weight excluding hydrogens is 456 g/mol. The summed E-state index contributed by atoms with van der Waals surface area (Å²) >= 11 is 12.1. The number of halogens is 2. The van der Waals surface area contributed by atoms with Gasteiger partial charge in [0.15, 0.2) is 6.73 Å². The summed E-state index contributed by atoms with van der Waals surface area (Å²) in [6.45, 7) is -0.991. The number of anilines is 3. The number of aromatic carboxylic acids is 1. The number of aromatic nitrogens is 1. The van der Waals surface area contributed by atoms with Gasteiger partial charge in [-0.05, 0) is 36.4 Å². The molecule has 30 heavy (non-hydrogen) atoms. The number of carboxylic acid groups (broad SMARTS) is 1. The van der Waals surface area contributed by atoms with Gasteiger partial charge in [0.2, 0.25) is 0 Å². The van der Waals surface area contributed by atoms with Crippen LogP contribution >= 0.6 is 31.5 Å². The summed E-state index contributed by atoms with van der Waals surface area (Å²) in [6.07, 6.45) is 1.42. The molecule has 1 heterocycles. The van der Waals surface area contributed by atoms with E-state index in [-0.39, 0.29) is 22.0 Å². The molecule has 0 radical (unpaired) electrons. The molecule has 1 unspecified atom stereocenters. The highest BCUT2D eigenvalue weighted by molar-refractivity contribution is 7.32. The SMILES string of the molecule is O=C(O)c1cc(Cl)ccc1Nc1c(N(CO)CO[P+](=O)O)cnc2ccc(Cl)cc12. The van der Waals surface area contributed by atoms with Crippen LogP contribution < -0.4 is 10.2 Å². The summed E-state index contributed by atoms with van der Waals surface area (Å²) in [4.78, 5) is 26.1. The van der Waals surface area contributed by atoms with Gasteiger partial charge in [0, 0.05) is 20.0 Å². The topological polar surface area (TPSA) is 132 Å². The van der Waals surface area contributed by atoms with E-state index in [0.29, 0.717) is 21.6 Å². The zero-order valence-corrected chi connectivity index (χ0v) is 17.5. The first kappa shape index (κ1) is 22.2. The third-order valence-electron chi connectivity index (χ3n) is 4.12. The summed E-state index contributed by atoms with van der Waals surface area (Å²) in [5, 5.41) is 23.5. The number of carbonyl (C=O) groups is 1. The fourth-order valence-electron chi connectivity index (χ4n) is 2.77. The highest BCUT2D eigenvalue weighted by atomic mass is 35.5. The molecule has 2 aromatic carbocycles. The van der Waals surface area contributed by atoms with Gasteiger partial charge in [0.05, 0.1) is 34.3 Å². The van der Waals surface area contributed by atoms with Crippen molar-refractivity contribution in [3.05, 3.63) is 58.2 Å². The van der Waals surface area contributed by atoms with Crippen LogP contribution in [0.5, 0.6) is 0 Å². The minimum absolute atomic E-state index is 0.0781. The lowest BCUT2D eigenvalue weighted by Crippen LogP contribution is -2.27. The second kappa shape index (κ2) is 9.53. The Bertz CT molecular complexity index is 1130. The lowest BCUT2D eigenvalue weighted by Gasteiger charge is -2.24. The van der Waals surface area contributed by atoms with Crippen molar-refractivity contribution in [2.24, 2.45) is 0 Å². The van der Waals surface area contributed by atoms with Crippen LogP contribution in [0.25, 0.3) is 10.9 Å². The molecule has 0 saturated heterocycles. The van der Waals surface area contributed by atoms with Gasteiger partial charge in [0.25, 0.3) is 0 Å². The second-order valence-electron chi connectivity index (χ2n) is 5.98. The number of benzene rings is 2. The number of pyridine rings is 1. The van der Waals surface area contributed by atoms with E-state index in [1.807, 2.05) is 0 Å². The number of aliphatic hydroxyl groups is 1. The molecule has 3 aromatic rings. The molecule has 0 bridgehead atoms. The molecule has 0 spiro atoms. The highest BCUT2D eigenvalue weighted by Gasteiger charge is 2.21. The fraction of sp³-hybridized carbons (Fsp3) is 0.111. The number of nitrogens with zero attached hydrogens (tertiary/aromatic N) is 2. The average Bonchev–Trinajstić information content (AvgIpc) is 2.70. The van der Waals surface area contributed by atoms with Crippen molar-refractivity contribution in [1.82, 2.24) is 4.98 Å². The zero-order chi connectivity index (χ0) is 21.8. The maximum absolute atomic E-state index is 11.7. The molecule has 1 atom stereocenters. The maximum Gasteiger partial charge on any atom is 0.696 e. The normalized spacial score (nSPS) is 11.4. The quantitative estimate of drug-likeness (QED) is 0.279. The van der Waals surface area contributed by atoms with Gasteiger partial charge in [-0.3, -0.25) is 4.98 Å². The Balaban J connectivity index is 2.19. The van der Waals surface area contributed by atoms with Gasteiger partial charge in [-0.1, -0.05) is 27.7 Å². The summed E-state index contributed by atoms with van der Waals surface area (Å²) in [6, 6.07) is 9.26. The summed E-state index contributed by atoms with van der Waals surface area (Å²) in [5.74, 6) is -1.20. The van der Waals surface area contributed by atoms with Gasteiger partial charge < -0.3 is 20.4 Å². The van der Waals surface area contributed by atoms with E-state index in [9.17, 15) is 19.6 Å². The van der Waals surface area contributed by atoms with Crippen molar-refractivity contribution < 1.29 is 29.0 Å². The van der Waals surface area contributed by atoms with E-state index in [2.05, 4.69) is 10.3 Å². The minimum atomic E-state index is -2.90. The van der Waals surface area contributed by atoms with Crippen molar-refractivity contribution in [2.75, 3.05) is 23.7 Å². The Hall–Kier alpha value is -2.52. The van der Waals surface area contributed by atoms with Gasteiger partial charge in [-0.2, -0.15) is 0 Å². The van der Waals surface area contributed by atoms with Crippen molar-refractivity contribution in [1.29, 1.82) is 0 Å². The lowest BCUT2D eigenvalue weighted by molar-refractivity contribution is 0.0698. The van der Waals surface area contributed by atoms with Crippen LogP contribution in [0.15, 0.2) is 42.6 Å². The highest BCUT2D eigenvalue weighted by Crippen LogP contribution is 2.37. The van der Waals surface area contributed by atoms with Crippen LogP contribution in [0.1, 0.15) is 10.4 Å². The van der Waals surface area contributed by atoms with E-state index in [1.54, 1.807) is 18.2 Å². The van der Waals surface area contributed by atoms with Gasteiger partial charge in [0.1, 0.15) is 6.73 Å². The van der Waals surface area contributed by atoms with Crippen molar-refractivity contribution in [3.8, 4) is 0 Å². The van der Waals surface area contributed by atoms with Crippen molar-refractivity contribution in [3.63, 3.8) is 0 Å². The summed E-state index contributed by atoms with van der Waals surface area (Å²) < 4.78 is 15.6. The Kier molecular flexibility index (Phi) is 7.04. The molecule has 9 nitrogen and oxygen atoms in total. The van der Waals surface area contributed by atoms with Crippen molar-refractivity contribution >= 4 is 65.4 Å². The molecule has 0 aliphatic heterocycles. The van der Waals surface area contributed by atoms with Crippen molar-refractivity contribution in [2.45, 2.75) is 0 Å². The number of rotatable bonds is 8. The Labute approximate surface area is 181 Å². The molecular formula is C18H15Cl2N3O6P+. The molecule has 3 rings (SSSR count). The predicted octanol–water partition coefficient (Wildman–Crippen LogP) is 4.36. The number of fused-ring (bicyclic) bond motifs is 1. The molecule has 4 N–H and O–H groups in total. The van der Waals surface area contributed by atoms with E-state index in [1.165, 1.54) is 29.3 Å². The molecule has 0 amide bonds. The Morgan fingerprint density at radius 1 is 1.20 bits per heavy atom. The molecule has 156 valence electrons. The van der Waals surface area contributed by atoms with Gasteiger partial charge in [-0.15, -0.1) is 4.89 Å². The number of hydrogen-bond donors (Lipinski definition) is 4. The monoisotopic (exact) mass is 470 g/mol. The zero-order valence-electron chi connectivity index (χ0n) is 15.1. The third-order valence-corrected chi connectivity index (χ3v) is 4.92. The van der Waals surface area contributed by atoms with Crippen LogP contribution in [0.2, 0.25) is 10.0 Å². The molecule has 12 heteroatoms. The van der Waals surface area contributed by atoms with Gasteiger partial charge >= 0.3 is 14.2 Å². The first-order valence-corrected chi connectivity index (χ1v) is 10.2. The Morgan fingerprint density at radius 2 is 1.90 bits per heavy atom. The summed E-state index contributed by atoms with van der Waals surface area (Å²) in [5.41, 5.74) is 1.34. The van der Waals surface area contributed by atoms with E-state index < -0.39 is 27.7 Å². The average molecular weight is 471 g/mol. The standard InChI is InChI=1S/C18H14Cl2N3O6P/c19-10-1-3-14-12(5-10)17(16(7-21-14)23(8-24)9-29-30(27)28)22-15-4-2-11(20)6-13(15)18(25)26/h1-7,24H,8-9H2,(H2-,21,22,25,26,27,28)/p+1. The summed E-state index contributed by atoms with van der Waals surface area (Å²) in [7, 11) is -2.90. The Morgan fingerprint density at radius 3 is 2.57 bits per heavy atom. The van der Waals surface area contributed by atoms with E-state index in [4.69, 9.17) is 32.6 Å². The number of carboxylic acids is 1. The van der Waals surface area contributed by atoms with Crippen LogP contribution in [0, 0.1) is 0 Å². The van der Waals surface area contributed by atoms with Crippen LogP contribution in [-0.2, 0) is 9.09 Å². The van der Waals surface area contributed by atoms with Crippen LogP contribution in [0.3, 0.4) is 0 Å². The molecule has 0 aliphatic rings.